The van der Waals surface area contributed by atoms with Crippen molar-refractivity contribution >= 4 is 0 Å². The number of hydrogen-bond donors (Lipinski definition) is 2. The van der Waals surface area contributed by atoms with Gasteiger partial charge in [-0.15, -0.1) is 0 Å². The predicted molar refractivity (Wildman–Crippen MR) is 49.5 cm³/mol. The molecule has 0 saturated heterocycles. The summed E-state index contributed by atoms with van der Waals surface area (Å²) >= 11 is 0. The minimum atomic E-state index is -0.430. The molecule has 3 N–H and O–H groups in total. The third kappa shape index (κ3) is 1.20. The highest BCUT2D eigenvalue weighted by atomic mass is 16.5. The van der Waals surface area contributed by atoms with Crippen LogP contribution in [-0.4, -0.2) is 12.2 Å². The van der Waals surface area contributed by atoms with Gasteiger partial charge in [-0.25, -0.2) is 0 Å². The van der Waals surface area contributed by atoms with E-state index in [1.807, 2.05) is 18.2 Å². The first-order chi connectivity index (χ1) is 6.24. The summed E-state index contributed by atoms with van der Waals surface area (Å²) in [6.07, 6.45) is 0.162. The maximum atomic E-state index is 9.64. The third-order valence-electron chi connectivity index (χ3n) is 2.53. The van der Waals surface area contributed by atoms with Gasteiger partial charge >= 0.3 is 0 Å². The largest absolute Gasteiger partial charge is 0.496 e. The zero-order valence-electron chi connectivity index (χ0n) is 7.53. The van der Waals surface area contributed by atoms with Crippen molar-refractivity contribution in [3.63, 3.8) is 0 Å². The molecule has 0 radical (unpaired) electrons. The molecule has 0 aromatic heterocycles. The quantitative estimate of drug-likeness (QED) is 0.679. The van der Waals surface area contributed by atoms with Crippen molar-refractivity contribution in [3.8, 4) is 5.75 Å². The van der Waals surface area contributed by atoms with Crippen LogP contribution in [0.2, 0.25) is 0 Å². The molecule has 2 rings (SSSR count). The van der Waals surface area contributed by atoms with Crippen LogP contribution in [-0.2, 0) is 0 Å². The normalized spacial score (nSPS) is 25.8. The maximum Gasteiger partial charge on any atom is 0.124 e. The molecule has 3 heteroatoms. The van der Waals surface area contributed by atoms with Gasteiger partial charge in [0.15, 0.2) is 0 Å². The number of nitrogens with two attached hydrogens (primary N) is 1. The molecule has 2 atom stereocenters. The molecule has 0 saturated carbocycles. The fourth-order valence-electron chi connectivity index (χ4n) is 1.91. The molecule has 0 spiro atoms. The standard InChI is InChI=1S/C10H13NO2/c1-13-9-4-2-3-6-8(12)5-7(11)10(6)9/h2-4,7-8,12H,5,11H2,1H3. The molecule has 1 aromatic rings. The van der Waals surface area contributed by atoms with Gasteiger partial charge in [-0.05, 0) is 18.1 Å². The number of aliphatic hydroxyl groups is 1. The summed E-state index contributed by atoms with van der Waals surface area (Å²) in [6.45, 7) is 0. The average molecular weight is 179 g/mol. The molecule has 1 aliphatic rings. The lowest BCUT2D eigenvalue weighted by molar-refractivity contribution is 0.173. The van der Waals surface area contributed by atoms with E-state index in [0.29, 0.717) is 6.42 Å². The number of hydrogen-bond acceptors (Lipinski definition) is 3. The second-order valence-corrected chi connectivity index (χ2v) is 3.32. The molecule has 1 aromatic carbocycles. The number of aliphatic hydroxyl groups excluding tert-OH is 1. The fourth-order valence-corrected chi connectivity index (χ4v) is 1.91. The zero-order valence-corrected chi connectivity index (χ0v) is 7.53. The van der Waals surface area contributed by atoms with E-state index in [1.165, 1.54) is 0 Å². The van der Waals surface area contributed by atoms with Crippen molar-refractivity contribution < 1.29 is 9.84 Å². The van der Waals surface area contributed by atoms with Gasteiger partial charge in [0.2, 0.25) is 0 Å². The van der Waals surface area contributed by atoms with Crippen LogP contribution in [0.5, 0.6) is 5.75 Å². The molecule has 0 bridgehead atoms. The van der Waals surface area contributed by atoms with Crippen molar-refractivity contribution in [2.45, 2.75) is 18.6 Å². The SMILES string of the molecule is COc1cccc2c1C(N)CC2O. The van der Waals surface area contributed by atoms with Gasteiger partial charge in [-0.2, -0.15) is 0 Å². The molecule has 1 aliphatic carbocycles. The topological polar surface area (TPSA) is 55.5 Å². The van der Waals surface area contributed by atoms with Crippen molar-refractivity contribution in [2.75, 3.05) is 7.11 Å². The average Bonchev–Trinajstić information content (AvgIpc) is 2.43. The van der Waals surface area contributed by atoms with Gasteiger partial charge in [0, 0.05) is 11.6 Å². The highest BCUT2D eigenvalue weighted by molar-refractivity contribution is 5.46. The van der Waals surface area contributed by atoms with Crippen molar-refractivity contribution in [1.29, 1.82) is 0 Å². The number of benzene rings is 1. The Balaban J connectivity index is 2.55. The molecule has 70 valence electrons. The van der Waals surface area contributed by atoms with E-state index in [-0.39, 0.29) is 6.04 Å². The Kier molecular flexibility index (Phi) is 1.98. The van der Waals surface area contributed by atoms with E-state index < -0.39 is 6.10 Å². The van der Waals surface area contributed by atoms with Crippen LogP contribution < -0.4 is 10.5 Å². The van der Waals surface area contributed by atoms with Gasteiger partial charge in [-0.3, -0.25) is 0 Å². The first-order valence-corrected chi connectivity index (χ1v) is 4.34. The smallest absolute Gasteiger partial charge is 0.124 e. The Hall–Kier alpha value is -1.06. The Labute approximate surface area is 77.1 Å². The first-order valence-electron chi connectivity index (χ1n) is 4.34. The summed E-state index contributed by atoms with van der Waals surface area (Å²) in [4.78, 5) is 0. The molecule has 3 nitrogen and oxygen atoms in total. The summed E-state index contributed by atoms with van der Waals surface area (Å²) in [5.74, 6) is 0.779. The van der Waals surface area contributed by atoms with E-state index in [9.17, 15) is 5.11 Å². The first kappa shape index (κ1) is 8.53. The third-order valence-corrected chi connectivity index (χ3v) is 2.53. The number of rotatable bonds is 1. The maximum absolute atomic E-state index is 9.64. The van der Waals surface area contributed by atoms with Crippen LogP contribution in [0.4, 0.5) is 0 Å². The monoisotopic (exact) mass is 179 g/mol. The van der Waals surface area contributed by atoms with Gasteiger partial charge in [0.05, 0.1) is 13.2 Å². The summed E-state index contributed by atoms with van der Waals surface area (Å²) in [5.41, 5.74) is 7.74. The predicted octanol–water partition coefficient (Wildman–Crippen LogP) is 1.13. The highest BCUT2D eigenvalue weighted by Gasteiger charge is 2.29. The summed E-state index contributed by atoms with van der Waals surface area (Å²) in [6, 6.07) is 5.55. The van der Waals surface area contributed by atoms with Crippen LogP contribution in [0.15, 0.2) is 18.2 Å². The fraction of sp³-hybridized carbons (Fsp3) is 0.400. The molecule has 0 heterocycles. The van der Waals surface area contributed by atoms with Gasteiger partial charge < -0.3 is 15.6 Å². The molecule has 0 fully saturated rings. The minimum Gasteiger partial charge on any atom is -0.496 e. The Morgan fingerprint density at radius 1 is 1.54 bits per heavy atom. The van der Waals surface area contributed by atoms with E-state index in [4.69, 9.17) is 10.5 Å². The van der Waals surface area contributed by atoms with Crippen molar-refractivity contribution in [1.82, 2.24) is 0 Å². The lowest BCUT2D eigenvalue weighted by Gasteiger charge is -2.09. The highest BCUT2D eigenvalue weighted by Crippen LogP contribution is 2.41. The molecule has 2 unspecified atom stereocenters. The number of fused-ring (bicyclic) bond motifs is 1. The van der Waals surface area contributed by atoms with Crippen LogP contribution in [0, 0.1) is 0 Å². The summed E-state index contributed by atoms with van der Waals surface area (Å²) in [5, 5.41) is 9.64. The number of methoxy groups -OCH3 is 1. The lowest BCUT2D eigenvalue weighted by atomic mass is 10.1. The summed E-state index contributed by atoms with van der Waals surface area (Å²) < 4.78 is 5.18. The van der Waals surface area contributed by atoms with E-state index in [2.05, 4.69) is 0 Å². The number of ether oxygens (including phenoxy) is 1. The van der Waals surface area contributed by atoms with Gasteiger partial charge in [0.25, 0.3) is 0 Å². The van der Waals surface area contributed by atoms with Gasteiger partial charge in [-0.1, -0.05) is 12.1 Å². The second kappa shape index (κ2) is 3.01. The molecule has 0 amide bonds. The van der Waals surface area contributed by atoms with Crippen molar-refractivity contribution in [2.24, 2.45) is 5.73 Å². The lowest BCUT2D eigenvalue weighted by Crippen LogP contribution is -2.07. The summed E-state index contributed by atoms with van der Waals surface area (Å²) in [7, 11) is 1.62. The molecule has 0 aliphatic heterocycles. The van der Waals surface area contributed by atoms with Gasteiger partial charge in [0.1, 0.15) is 5.75 Å². The van der Waals surface area contributed by atoms with Crippen molar-refractivity contribution in [3.05, 3.63) is 29.3 Å². The Bertz CT molecular complexity index is 325. The Morgan fingerprint density at radius 2 is 2.31 bits per heavy atom. The zero-order chi connectivity index (χ0) is 9.42. The molecule has 13 heavy (non-hydrogen) atoms. The molecular weight excluding hydrogens is 166 g/mol. The van der Waals surface area contributed by atoms with Crippen LogP contribution in [0.3, 0.4) is 0 Å². The second-order valence-electron chi connectivity index (χ2n) is 3.32. The van der Waals surface area contributed by atoms with E-state index >= 15 is 0 Å². The van der Waals surface area contributed by atoms with E-state index in [0.717, 1.165) is 16.9 Å². The Morgan fingerprint density at radius 3 is 3.00 bits per heavy atom. The van der Waals surface area contributed by atoms with Crippen LogP contribution in [0.1, 0.15) is 29.7 Å². The minimum absolute atomic E-state index is 0.0962. The van der Waals surface area contributed by atoms with Crippen LogP contribution in [0.25, 0.3) is 0 Å². The van der Waals surface area contributed by atoms with E-state index in [1.54, 1.807) is 7.11 Å². The van der Waals surface area contributed by atoms with Crippen LogP contribution >= 0.6 is 0 Å². The molecular formula is C10H13NO2.